The van der Waals surface area contributed by atoms with Crippen molar-refractivity contribution in [2.75, 3.05) is 5.32 Å². The molecular formula is C15H12ClF3N2O3S. The van der Waals surface area contributed by atoms with E-state index in [1.54, 1.807) is 0 Å². The van der Waals surface area contributed by atoms with Gasteiger partial charge in [0.1, 0.15) is 0 Å². The minimum Gasteiger partial charge on any atom is -0.322 e. The van der Waals surface area contributed by atoms with E-state index in [1.165, 1.54) is 31.2 Å². The van der Waals surface area contributed by atoms with Gasteiger partial charge in [-0.1, -0.05) is 11.6 Å². The van der Waals surface area contributed by atoms with Crippen molar-refractivity contribution in [3.63, 3.8) is 0 Å². The zero-order valence-corrected chi connectivity index (χ0v) is 14.3. The van der Waals surface area contributed by atoms with E-state index in [1.807, 2.05) is 5.32 Å². The lowest BCUT2D eigenvalue weighted by Crippen LogP contribution is -2.41. The quantitative estimate of drug-likeness (QED) is 0.768. The third-order valence-corrected chi connectivity index (χ3v) is 4.95. The summed E-state index contributed by atoms with van der Waals surface area (Å²) in [6, 6.07) is 5.35. The Morgan fingerprint density at radius 3 is 2.24 bits per heavy atom. The molecule has 2 aromatic carbocycles. The van der Waals surface area contributed by atoms with Gasteiger partial charge >= 0.3 is 0 Å². The maximum absolute atomic E-state index is 13.5. The summed E-state index contributed by atoms with van der Waals surface area (Å²) >= 11 is 5.67. The smallest absolute Gasteiger partial charge is 0.242 e. The van der Waals surface area contributed by atoms with E-state index < -0.39 is 45.1 Å². The van der Waals surface area contributed by atoms with E-state index >= 15 is 0 Å². The Balaban J connectivity index is 2.12. The van der Waals surface area contributed by atoms with Crippen LogP contribution in [0.4, 0.5) is 18.9 Å². The van der Waals surface area contributed by atoms with Crippen LogP contribution in [0.1, 0.15) is 6.92 Å². The van der Waals surface area contributed by atoms with Crippen LogP contribution in [-0.2, 0) is 14.8 Å². The summed E-state index contributed by atoms with van der Waals surface area (Å²) in [5, 5.41) is 2.32. The molecule has 0 heterocycles. The molecule has 25 heavy (non-hydrogen) atoms. The molecule has 0 aliphatic rings. The van der Waals surface area contributed by atoms with Gasteiger partial charge in [0.25, 0.3) is 0 Å². The maximum Gasteiger partial charge on any atom is 0.242 e. The molecule has 10 heteroatoms. The molecule has 1 atom stereocenters. The fourth-order valence-electron chi connectivity index (χ4n) is 1.83. The van der Waals surface area contributed by atoms with Crippen LogP contribution >= 0.6 is 11.6 Å². The van der Waals surface area contributed by atoms with Crippen LogP contribution in [0.3, 0.4) is 0 Å². The predicted molar refractivity (Wildman–Crippen MR) is 86.2 cm³/mol. The molecule has 0 bridgehead atoms. The van der Waals surface area contributed by atoms with Crippen molar-refractivity contribution in [2.24, 2.45) is 0 Å². The Bertz CT molecular complexity index is 905. The minimum atomic E-state index is -4.04. The highest BCUT2D eigenvalue weighted by Gasteiger charge is 2.23. The SMILES string of the molecule is C[C@@H](NS(=O)(=O)c1ccc(Cl)cc1)C(=O)Nc1ccc(F)c(F)c1F. The second-order valence-electron chi connectivity index (χ2n) is 5.01. The maximum atomic E-state index is 13.5. The fourth-order valence-corrected chi connectivity index (χ4v) is 3.16. The standard InChI is InChI=1S/C15H12ClF3N2O3S/c1-8(21-25(23,24)10-4-2-9(16)3-5-10)15(22)20-12-7-6-11(17)13(18)14(12)19/h2-8,21H,1H3,(H,20,22)/t8-/m1/s1. The van der Waals surface area contributed by atoms with E-state index in [4.69, 9.17) is 11.6 Å². The Morgan fingerprint density at radius 2 is 1.64 bits per heavy atom. The van der Waals surface area contributed by atoms with Crippen molar-refractivity contribution in [1.82, 2.24) is 4.72 Å². The highest BCUT2D eigenvalue weighted by Crippen LogP contribution is 2.20. The highest BCUT2D eigenvalue weighted by molar-refractivity contribution is 7.89. The van der Waals surface area contributed by atoms with Gasteiger partial charge in [0.15, 0.2) is 17.5 Å². The normalized spacial score (nSPS) is 12.7. The Kier molecular flexibility index (Phi) is 5.71. The van der Waals surface area contributed by atoms with Gasteiger partial charge in [0, 0.05) is 5.02 Å². The number of carbonyl (C=O) groups is 1. The molecule has 5 nitrogen and oxygen atoms in total. The van der Waals surface area contributed by atoms with Gasteiger partial charge in [-0.2, -0.15) is 4.72 Å². The molecule has 134 valence electrons. The van der Waals surface area contributed by atoms with Crippen LogP contribution in [0, 0.1) is 17.5 Å². The Morgan fingerprint density at radius 1 is 1.04 bits per heavy atom. The summed E-state index contributed by atoms with van der Waals surface area (Å²) < 4.78 is 66.0. The molecule has 2 N–H and O–H groups in total. The number of nitrogens with one attached hydrogen (secondary N) is 2. The Hall–Kier alpha value is -2.10. The first-order valence-corrected chi connectivity index (χ1v) is 8.70. The van der Waals surface area contributed by atoms with Crippen molar-refractivity contribution in [1.29, 1.82) is 0 Å². The van der Waals surface area contributed by atoms with Crippen LogP contribution in [0.15, 0.2) is 41.3 Å². The molecule has 0 spiro atoms. The third kappa shape index (κ3) is 4.50. The number of hydrogen-bond acceptors (Lipinski definition) is 3. The van der Waals surface area contributed by atoms with Gasteiger partial charge in [0.2, 0.25) is 15.9 Å². The molecule has 0 fully saturated rings. The highest BCUT2D eigenvalue weighted by atomic mass is 35.5. The molecule has 0 aromatic heterocycles. The van der Waals surface area contributed by atoms with Crippen LogP contribution in [0.2, 0.25) is 5.02 Å². The molecule has 0 saturated heterocycles. The van der Waals surface area contributed by atoms with E-state index in [0.717, 1.165) is 6.07 Å². The van der Waals surface area contributed by atoms with Gasteiger partial charge in [-0.05, 0) is 43.3 Å². The van der Waals surface area contributed by atoms with Crippen molar-refractivity contribution in [2.45, 2.75) is 17.9 Å². The summed E-state index contributed by atoms with van der Waals surface area (Å²) in [7, 11) is -4.04. The van der Waals surface area contributed by atoms with E-state index in [9.17, 15) is 26.4 Å². The topological polar surface area (TPSA) is 75.3 Å². The molecule has 0 aliphatic heterocycles. The lowest BCUT2D eigenvalue weighted by atomic mass is 10.2. The van der Waals surface area contributed by atoms with Gasteiger partial charge in [-0.25, -0.2) is 21.6 Å². The average molecular weight is 393 g/mol. The lowest BCUT2D eigenvalue weighted by Gasteiger charge is -2.15. The first-order valence-electron chi connectivity index (χ1n) is 6.84. The molecule has 0 radical (unpaired) electrons. The monoisotopic (exact) mass is 392 g/mol. The molecular weight excluding hydrogens is 381 g/mol. The third-order valence-electron chi connectivity index (χ3n) is 3.14. The summed E-state index contributed by atoms with van der Waals surface area (Å²) in [5.74, 6) is -5.69. The van der Waals surface area contributed by atoms with Gasteiger partial charge in [0.05, 0.1) is 16.6 Å². The lowest BCUT2D eigenvalue weighted by molar-refractivity contribution is -0.117. The number of sulfonamides is 1. The molecule has 0 unspecified atom stereocenters. The van der Waals surface area contributed by atoms with E-state index in [-0.39, 0.29) is 4.90 Å². The second kappa shape index (κ2) is 7.42. The van der Waals surface area contributed by atoms with Gasteiger partial charge in [-0.15, -0.1) is 0 Å². The molecule has 0 saturated carbocycles. The first kappa shape index (κ1) is 19.2. The first-order chi connectivity index (χ1) is 11.6. The molecule has 1 amide bonds. The van der Waals surface area contributed by atoms with Crippen LogP contribution in [0.25, 0.3) is 0 Å². The van der Waals surface area contributed by atoms with Crippen molar-refractivity contribution in [3.05, 3.63) is 58.9 Å². The summed E-state index contributed by atoms with van der Waals surface area (Å²) in [4.78, 5) is 11.9. The number of anilines is 1. The van der Waals surface area contributed by atoms with E-state index in [0.29, 0.717) is 11.1 Å². The molecule has 2 aromatic rings. The van der Waals surface area contributed by atoms with Crippen molar-refractivity contribution in [3.8, 4) is 0 Å². The van der Waals surface area contributed by atoms with Crippen molar-refractivity contribution < 1.29 is 26.4 Å². The minimum absolute atomic E-state index is 0.129. The zero-order valence-electron chi connectivity index (χ0n) is 12.7. The van der Waals surface area contributed by atoms with Crippen molar-refractivity contribution >= 4 is 33.2 Å². The van der Waals surface area contributed by atoms with Crippen LogP contribution in [-0.4, -0.2) is 20.4 Å². The predicted octanol–water partition coefficient (Wildman–Crippen LogP) is 3.06. The molecule has 2 rings (SSSR count). The number of halogens is 4. The summed E-state index contributed by atoms with van der Waals surface area (Å²) in [5.41, 5.74) is -0.610. The van der Waals surface area contributed by atoms with Gasteiger partial charge < -0.3 is 5.32 Å². The summed E-state index contributed by atoms with van der Waals surface area (Å²) in [6.45, 7) is 1.21. The number of hydrogen-bond donors (Lipinski definition) is 2. The fraction of sp³-hybridized carbons (Fsp3) is 0.133. The number of benzene rings is 2. The molecule has 0 aliphatic carbocycles. The largest absolute Gasteiger partial charge is 0.322 e. The zero-order chi connectivity index (χ0) is 18.8. The van der Waals surface area contributed by atoms with Crippen LogP contribution < -0.4 is 10.0 Å². The van der Waals surface area contributed by atoms with Gasteiger partial charge in [-0.3, -0.25) is 4.79 Å². The number of rotatable bonds is 5. The van der Waals surface area contributed by atoms with Crippen LogP contribution in [0.5, 0.6) is 0 Å². The van der Waals surface area contributed by atoms with E-state index in [2.05, 4.69) is 4.72 Å². The summed E-state index contributed by atoms with van der Waals surface area (Å²) in [6.07, 6.45) is 0. The number of carbonyl (C=O) groups excluding carboxylic acids is 1. The average Bonchev–Trinajstić information content (AvgIpc) is 2.55. The second-order valence-corrected chi connectivity index (χ2v) is 7.16. The Labute approximate surface area is 146 Å². The number of amides is 1.